The number of aromatic amines is 1. The van der Waals surface area contributed by atoms with Gasteiger partial charge in [-0.25, -0.2) is 4.79 Å². The third kappa shape index (κ3) is 5.17. The zero-order chi connectivity index (χ0) is 22.4. The van der Waals surface area contributed by atoms with Gasteiger partial charge in [0.15, 0.2) is 0 Å². The molecule has 3 aromatic rings. The minimum Gasteiger partial charge on any atom is -0.383 e. The van der Waals surface area contributed by atoms with Crippen molar-refractivity contribution in [2.45, 2.75) is 19.6 Å². The van der Waals surface area contributed by atoms with Crippen molar-refractivity contribution in [3.63, 3.8) is 0 Å². The van der Waals surface area contributed by atoms with Gasteiger partial charge < -0.3 is 15.4 Å². The lowest BCUT2D eigenvalue weighted by atomic mass is 10.1. The Bertz CT molecular complexity index is 1170. The van der Waals surface area contributed by atoms with E-state index in [1.807, 2.05) is 30.3 Å². The molecule has 0 aliphatic heterocycles. The topological polar surface area (TPSA) is 136 Å². The van der Waals surface area contributed by atoms with Gasteiger partial charge in [0.05, 0.1) is 18.1 Å². The van der Waals surface area contributed by atoms with Gasteiger partial charge in [-0.1, -0.05) is 42.5 Å². The van der Waals surface area contributed by atoms with Crippen LogP contribution in [0.3, 0.4) is 0 Å². The Labute approximate surface area is 177 Å². The van der Waals surface area contributed by atoms with Crippen molar-refractivity contribution in [2.24, 2.45) is 0 Å². The molecule has 0 atom stereocenters. The highest BCUT2D eigenvalue weighted by molar-refractivity contribution is 5.63. The molecule has 31 heavy (non-hydrogen) atoms. The van der Waals surface area contributed by atoms with E-state index >= 15 is 0 Å². The number of methoxy groups -OCH3 is 1. The first kappa shape index (κ1) is 21.8. The minimum atomic E-state index is -0.627. The first-order valence-electron chi connectivity index (χ1n) is 9.54. The number of ether oxygens (including phenoxy) is 1. The lowest BCUT2D eigenvalue weighted by Gasteiger charge is -2.26. The Morgan fingerprint density at radius 2 is 1.77 bits per heavy atom. The van der Waals surface area contributed by atoms with Crippen molar-refractivity contribution in [3.8, 4) is 0 Å². The van der Waals surface area contributed by atoms with E-state index < -0.39 is 16.2 Å². The zero-order valence-corrected chi connectivity index (χ0v) is 17.0. The molecule has 0 spiro atoms. The summed E-state index contributed by atoms with van der Waals surface area (Å²) in [7, 11) is 1.50. The average Bonchev–Trinajstić information content (AvgIpc) is 2.74. The van der Waals surface area contributed by atoms with E-state index in [1.54, 1.807) is 17.0 Å². The molecule has 0 amide bonds. The minimum absolute atomic E-state index is 0.00663. The van der Waals surface area contributed by atoms with E-state index in [4.69, 9.17) is 10.5 Å². The van der Waals surface area contributed by atoms with Crippen molar-refractivity contribution in [1.29, 1.82) is 0 Å². The van der Waals surface area contributed by atoms with Gasteiger partial charge in [0, 0.05) is 32.3 Å². The molecular formula is C21H23N5O5. The number of rotatable bonds is 9. The Morgan fingerprint density at radius 3 is 2.45 bits per heavy atom. The molecule has 0 aliphatic carbocycles. The number of H-pyrrole nitrogens is 1. The van der Waals surface area contributed by atoms with Crippen LogP contribution in [0.1, 0.15) is 11.1 Å². The summed E-state index contributed by atoms with van der Waals surface area (Å²) in [6.45, 7) is 0.881. The molecule has 0 saturated heterocycles. The van der Waals surface area contributed by atoms with Gasteiger partial charge in [-0.05, 0) is 11.1 Å². The number of non-ortho nitro benzene ring substituents is 1. The fourth-order valence-corrected chi connectivity index (χ4v) is 3.29. The fraction of sp³-hybridized carbons (Fsp3) is 0.238. The number of nitrogens with one attached hydrogen (secondary N) is 1. The largest absolute Gasteiger partial charge is 0.383 e. The second-order valence-electron chi connectivity index (χ2n) is 6.91. The van der Waals surface area contributed by atoms with Crippen molar-refractivity contribution < 1.29 is 9.66 Å². The summed E-state index contributed by atoms with van der Waals surface area (Å²) in [6.07, 6.45) is 0. The second-order valence-corrected chi connectivity index (χ2v) is 6.91. The number of benzene rings is 2. The summed E-state index contributed by atoms with van der Waals surface area (Å²) in [6, 6.07) is 15.6. The number of hydrogen-bond donors (Lipinski definition) is 2. The van der Waals surface area contributed by atoms with Crippen molar-refractivity contribution in [1.82, 2.24) is 9.55 Å². The van der Waals surface area contributed by atoms with Crippen molar-refractivity contribution in [3.05, 3.63) is 96.7 Å². The highest BCUT2D eigenvalue weighted by Crippen LogP contribution is 2.23. The van der Waals surface area contributed by atoms with Crippen molar-refractivity contribution >= 4 is 17.2 Å². The lowest BCUT2D eigenvalue weighted by Crippen LogP contribution is -2.38. The molecule has 0 saturated carbocycles. The Balaban J connectivity index is 2.08. The maximum Gasteiger partial charge on any atom is 0.330 e. The molecule has 2 aromatic carbocycles. The summed E-state index contributed by atoms with van der Waals surface area (Å²) < 4.78 is 6.27. The zero-order valence-electron chi connectivity index (χ0n) is 17.0. The lowest BCUT2D eigenvalue weighted by molar-refractivity contribution is -0.384. The monoisotopic (exact) mass is 425 g/mol. The molecule has 3 N–H and O–H groups in total. The van der Waals surface area contributed by atoms with Crippen LogP contribution in [-0.2, 0) is 24.4 Å². The van der Waals surface area contributed by atoms with E-state index in [0.717, 1.165) is 5.56 Å². The summed E-state index contributed by atoms with van der Waals surface area (Å²) in [5, 5.41) is 11.2. The number of nitrogens with two attached hydrogens (primary N) is 1. The smallest absolute Gasteiger partial charge is 0.330 e. The van der Waals surface area contributed by atoms with Crippen LogP contribution >= 0.6 is 0 Å². The molecule has 0 fully saturated rings. The van der Waals surface area contributed by atoms with E-state index in [9.17, 15) is 19.7 Å². The third-order valence-corrected chi connectivity index (χ3v) is 4.76. The summed E-state index contributed by atoms with van der Waals surface area (Å²) in [5.74, 6) is 0.00663. The molecule has 3 rings (SSSR count). The van der Waals surface area contributed by atoms with E-state index in [0.29, 0.717) is 12.1 Å². The number of nitrogens with zero attached hydrogens (tertiary/aromatic N) is 3. The summed E-state index contributed by atoms with van der Waals surface area (Å²) in [4.78, 5) is 39.7. The van der Waals surface area contributed by atoms with E-state index in [2.05, 4.69) is 4.98 Å². The fourth-order valence-electron chi connectivity index (χ4n) is 3.29. The molecule has 1 aromatic heterocycles. The number of nitrogen functional groups attached to an aromatic ring is 1. The van der Waals surface area contributed by atoms with Gasteiger partial charge in [0.25, 0.3) is 11.2 Å². The molecule has 10 heteroatoms. The third-order valence-electron chi connectivity index (χ3n) is 4.76. The molecule has 162 valence electrons. The molecule has 0 aliphatic rings. The molecule has 10 nitrogen and oxygen atoms in total. The first-order chi connectivity index (χ1) is 14.9. The van der Waals surface area contributed by atoms with Gasteiger partial charge in [0.2, 0.25) is 0 Å². The first-order valence-corrected chi connectivity index (χ1v) is 9.54. The van der Waals surface area contributed by atoms with Crippen LogP contribution in [0.2, 0.25) is 0 Å². The van der Waals surface area contributed by atoms with Crippen molar-refractivity contribution in [2.75, 3.05) is 24.4 Å². The Morgan fingerprint density at radius 1 is 1.10 bits per heavy atom. The average molecular weight is 425 g/mol. The van der Waals surface area contributed by atoms with Gasteiger partial charge in [-0.15, -0.1) is 0 Å². The number of anilines is 2. The van der Waals surface area contributed by atoms with Gasteiger partial charge >= 0.3 is 5.69 Å². The van der Waals surface area contributed by atoms with Gasteiger partial charge in [-0.2, -0.15) is 0 Å². The molecule has 0 unspecified atom stereocenters. The normalized spacial score (nSPS) is 10.7. The molecule has 1 heterocycles. The highest BCUT2D eigenvalue weighted by Gasteiger charge is 2.20. The van der Waals surface area contributed by atoms with Crippen LogP contribution in [0.15, 0.2) is 64.2 Å². The molecular weight excluding hydrogens is 402 g/mol. The van der Waals surface area contributed by atoms with Gasteiger partial charge in [0.1, 0.15) is 11.5 Å². The number of nitro groups is 1. The maximum absolute atomic E-state index is 12.8. The van der Waals surface area contributed by atoms with Crippen LogP contribution < -0.4 is 21.9 Å². The van der Waals surface area contributed by atoms with Crippen LogP contribution in [0, 0.1) is 10.1 Å². The number of hydrogen-bond acceptors (Lipinski definition) is 7. The maximum atomic E-state index is 12.8. The van der Waals surface area contributed by atoms with E-state index in [-0.39, 0.29) is 36.9 Å². The molecule has 0 radical (unpaired) electrons. The van der Waals surface area contributed by atoms with Gasteiger partial charge in [-0.3, -0.25) is 24.5 Å². The quantitative estimate of drug-likeness (QED) is 0.394. The Hall–Kier alpha value is -3.92. The second kappa shape index (κ2) is 9.72. The SMILES string of the molecule is COCCn1c(N)c(N(Cc2ccccc2)Cc2cccc([N+](=O)[O-])c2)c(=O)[nH]c1=O. The molecule has 0 bridgehead atoms. The van der Waals surface area contributed by atoms with Crippen LogP contribution in [0.25, 0.3) is 0 Å². The standard InChI is InChI=1S/C21H23N5O5/c1-31-11-10-25-19(22)18(20(27)23-21(25)28)24(13-15-6-3-2-4-7-15)14-16-8-5-9-17(12-16)26(29)30/h2-9,12H,10-11,13-14,22H2,1H3,(H,23,27,28). The van der Waals surface area contributed by atoms with Crippen LogP contribution in [0.5, 0.6) is 0 Å². The highest BCUT2D eigenvalue weighted by atomic mass is 16.6. The van der Waals surface area contributed by atoms with Crippen LogP contribution in [-0.4, -0.2) is 28.2 Å². The number of nitro benzene ring substituents is 1. The summed E-state index contributed by atoms with van der Waals surface area (Å²) in [5.41, 5.74) is 6.59. The predicted molar refractivity (Wildman–Crippen MR) is 117 cm³/mol. The predicted octanol–water partition coefficient (Wildman–Crippen LogP) is 1.88. The number of aromatic nitrogens is 2. The Kier molecular flexibility index (Phi) is 6.83. The summed E-state index contributed by atoms with van der Waals surface area (Å²) >= 11 is 0. The van der Waals surface area contributed by atoms with E-state index in [1.165, 1.54) is 23.8 Å². The van der Waals surface area contributed by atoms with Crippen LogP contribution in [0.4, 0.5) is 17.2 Å².